The quantitative estimate of drug-likeness (QED) is 0.572. The van der Waals surface area contributed by atoms with E-state index in [1.165, 1.54) is 22.3 Å². The molecule has 4 rings (SSSR count). The summed E-state index contributed by atoms with van der Waals surface area (Å²) in [5.74, 6) is 0.803. The molecule has 0 aromatic heterocycles. The van der Waals surface area contributed by atoms with Crippen molar-refractivity contribution in [2.45, 2.75) is 32.2 Å². The minimum Gasteiger partial charge on any atom is -0.491 e. The first-order valence-electron chi connectivity index (χ1n) is 10.7. The molecule has 0 fully saturated rings. The van der Waals surface area contributed by atoms with Crippen molar-refractivity contribution >= 4 is 0 Å². The fourth-order valence-corrected chi connectivity index (χ4v) is 3.95. The average Bonchev–Trinajstić information content (AvgIpc) is 2.79. The van der Waals surface area contributed by atoms with Crippen molar-refractivity contribution in [3.8, 4) is 5.75 Å². The van der Waals surface area contributed by atoms with Gasteiger partial charge in [0.15, 0.2) is 0 Å². The van der Waals surface area contributed by atoms with E-state index in [0.717, 1.165) is 38.3 Å². The number of nitrogens with one attached hydrogen (secondary N) is 1. The highest BCUT2D eigenvalue weighted by atomic mass is 16.5. The van der Waals surface area contributed by atoms with Gasteiger partial charge in [0, 0.05) is 32.7 Å². The molecule has 1 aliphatic rings. The zero-order chi connectivity index (χ0) is 20.6. The van der Waals surface area contributed by atoms with Crippen LogP contribution >= 0.6 is 0 Å². The van der Waals surface area contributed by atoms with Crippen molar-refractivity contribution in [2.75, 3.05) is 19.7 Å². The Labute approximate surface area is 179 Å². The molecule has 0 saturated carbocycles. The van der Waals surface area contributed by atoms with Crippen LogP contribution in [0.25, 0.3) is 0 Å². The summed E-state index contributed by atoms with van der Waals surface area (Å²) < 4.78 is 5.88. The Morgan fingerprint density at radius 3 is 2.47 bits per heavy atom. The molecule has 4 heteroatoms. The third kappa shape index (κ3) is 5.92. The Balaban J connectivity index is 1.21. The number of aliphatic hydroxyl groups excluding tert-OH is 1. The average molecular weight is 403 g/mol. The van der Waals surface area contributed by atoms with Crippen LogP contribution in [0.2, 0.25) is 0 Å². The first kappa shape index (κ1) is 20.6. The molecule has 0 amide bonds. The fourth-order valence-electron chi connectivity index (χ4n) is 3.95. The topological polar surface area (TPSA) is 44.7 Å². The minimum absolute atomic E-state index is 0.305. The summed E-state index contributed by atoms with van der Waals surface area (Å²) in [6, 6.07) is 27.0. The van der Waals surface area contributed by atoms with Crippen LogP contribution in [0.5, 0.6) is 5.75 Å². The molecule has 156 valence electrons. The van der Waals surface area contributed by atoms with E-state index in [1.807, 2.05) is 24.3 Å². The lowest BCUT2D eigenvalue weighted by atomic mass is 10.00. The van der Waals surface area contributed by atoms with Gasteiger partial charge in [0.25, 0.3) is 0 Å². The lowest BCUT2D eigenvalue weighted by molar-refractivity contribution is 0.0637. The van der Waals surface area contributed by atoms with E-state index in [2.05, 4.69) is 64.8 Å². The van der Waals surface area contributed by atoms with Gasteiger partial charge < -0.3 is 15.2 Å². The third-order valence-electron chi connectivity index (χ3n) is 5.52. The van der Waals surface area contributed by atoms with Crippen LogP contribution < -0.4 is 10.1 Å². The van der Waals surface area contributed by atoms with E-state index in [-0.39, 0.29) is 0 Å². The van der Waals surface area contributed by atoms with Crippen molar-refractivity contribution in [2.24, 2.45) is 0 Å². The molecule has 0 radical (unpaired) electrons. The van der Waals surface area contributed by atoms with E-state index >= 15 is 0 Å². The second kappa shape index (κ2) is 10.4. The van der Waals surface area contributed by atoms with Crippen LogP contribution in [0.1, 0.15) is 22.3 Å². The van der Waals surface area contributed by atoms with Gasteiger partial charge in [-0.25, -0.2) is 0 Å². The van der Waals surface area contributed by atoms with Gasteiger partial charge in [-0.15, -0.1) is 0 Å². The number of nitrogens with zero attached hydrogens (tertiary/aromatic N) is 1. The van der Waals surface area contributed by atoms with Gasteiger partial charge in [-0.05, 0) is 40.8 Å². The normalized spacial score (nSPS) is 14.8. The van der Waals surface area contributed by atoms with Gasteiger partial charge in [0.2, 0.25) is 0 Å². The van der Waals surface area contributed by atoms with E-state index in [0.29, 0.717) is 13.2 Å². The molecule has 3 aromatic rings. The van der Waals surface area contributed by atoms with Crippen LogP contribution in [0, 0.1) is 0 Å². The molecule has 30 heavy (non-hydrogen) atoms. The molecule has 2 N–H and O–H groups in total. The first-order chi connectivity index (χ1) is 14.8. The van der Waals surface area contributed by atoms with Crippen LogP contribution in [0.4, 0.5) is 0 Å². The smallest absolute Gasteiger partial charge is 0.119 e. The Morgan fingerprint density at radius 2 is 1.60 bits per heavy atom. The van der Waals surface area contributed by atoms with E-state index < -0.39 is 6.10 Å². The molecule has 0 aliphatic carbocycles. The lowest BCUT2D eigenvalue weighted by Gasteiger charge is -2.30. The monoisotopic (exact) mass is 402 g/mol. The van der Waals surface area contributed by atoms with Crippen LogP contribution in [0.15, 0.2) is 78.9 Å². The van der Waals surface area contributed by atoms with E-state index in [1.54, 1.807) is 0 Å². The Bertz CT molecular complexity index is 929. The number of hydrogen-bond donors (Lipinski definition) is 2. The maximum absolute atomic E-state index is 10.5. The summed E-state index contributed by atoms with van der Waals surface area (Å²) in [5.41, 5.74) is 5.24. The van der Waals surface area contributed by atoms with Crippen LogP contribution in [0.3, 0.4) is 0 Å². The lowest BCUT2D eigenvalue weighted by Crippen LogP contribution is -2.38. The molecular weight excluding hydrogens is 372 g/mol. The summed E-state index contributed by atoms with van der Waals surface area (Å²) in [6.07, 6.45) is 0.539. The summed E-state index contributed by atoms with van der Waals surface area (Å²) in [4.78, 5) is 2.31. The number of fused-ring (bicyclic) bond motifs is 1. The minimum atomic E-state index is -0.505. The molecule has 1 heterocycles. The van der Waals surface area contributed by atoms with Crippen LogP contribution in [-0.4, -0.2) is 35.8 Å². The number of ether oxygens (including phenoxy) is 1. The summed E-state index contributed by atoms with van der Waals surface area (Å²) in [6.45, 7) is 4.43. The molecule has 3 aromatic carbocycles. The van der Waals surface area contributed by atoms with E-state index in [9.17, 15) is 5.11 Å². The SMILES string of the molecule is O[C@H](COc1cccc(CNCc2ccccc2)c1)CN1CCc2ccccc2C1. The summed E-state index contributed by atoms with van der Waals surface area (Å²) >= 11 is 0. The number of hydrogen-bond acceptors (Lipinski definition) is 4. The van der Waals surface area contributed by atoms with Crippen molar-refractivity contribution in [3.05, 3.63) is 101 Å². The van der Waals surface area contributed by atoms with Gasteiger partial charge in [0.1, 0.15) is 18.5 Å². The molecule has 4 nitrogen and oxygen atoms in total. The molecule has 0 unspecified atom stereocenters. The van der Waals surface area contributed by atoms with Crippen LogP contribution in [-0.2, 0) is 26.1 Å². The first-order valence-corrected chi connectivity index (χ1v) is 10.7. The number of aliphatic hydroxyl groups is 1. The zero-order valence-electron chi connectivity index (χ0n) is 17.3. The predicted octanol–water partition coefficient (Wildman–Crippen LogP) is 3.77. The largest absolute Gasteiger partial charge is 0.491 e. The van der Waals surface area contributed by atoms with E-state index in [4.69, 9.17) is 4.74 Å². The Hall–Kier alpha value is -2.66. The summed E-state index contributed by atoms with van der Waals surface area (Å²) in [5, 5.41) is 13.9. The van der Waals surface area contributed by atoms with Crippen molar-refractivity contribution in [1.29, 1.82) is 0 Å². The highest BCUT2D eigenvalue weighted by Crippen LogP contribution is 2.19. The molecule has 0 bridgehead atoms. The maximum atomic E-state index is 10.5. The Kier molecular flexibility index (Phi) is 7.14. The number of β-amino-alcohol motifs (C(OH)–C–C–N with tert-alkyl or cyclic N) is 1. The zero-order valence-corrected chi connectivity index (χ0v) is 17.3. The maximum Gasteiger partial charge on any atom is 0.119 e. The second-order valence-electron chi connectivity index (χ2n) is 7.96. The summed E-state index contributed by atoms with van der Waals surface area (Å²) in [7, 11) is 0. The molecular formula is C26H30N2O2. The van der Waals surface area contributed by atoms with Gasteiger partial charge >= 0.3 is 0 Å². The predicted molar refractivity (Wildman–Crippen MR) is 120 cm³/mol. The highest BCUT2D eigenvalue weighted by Gasteiger charge is 2.18. The molecule has 1 atom stereocenters. The van der Waals surface area contributed by atoms with Gasteiger partial charge in [0.05, 0.1) is 0 Å². The third-order valence-corrected chi connectivity index (χ3v) is 5.52. The molecule has 0 spiro atoms. The van der Waals surface area contributed by atoms with Crippen molar-refractivity contribution in [3.63, 3.8) is 0 Å². The molecule has 1 aliphatic heterocycles. The number of benzene rings is 3. The standard InChI is InChI=1S/C26H30N2O2/c29-25(19-28-14-13-23-10-4-5-11-24(23)18-28)20-30-26-12-6-9-22(15-26)17-27-16-21-7-2-1-3-8-21/h1-12,15,25,27,29H,13-14,16-20H2/t25-/m0/s1. The highest BCUT2D eigenvalue weighted by molar-refractivity contribution is 5.30. The second-order valence-corrected chi connectivity index (χ2v) is 7.96. The van der Waals surface area contributed by atoms with Crippen molar-refractivity contribution < 1.29 is 9.84 Å². The fraction of sp³-hybridized carbons (Fsp3) is 0.308. The van der Waals surface area contributed by atoms with Crippen molar-refractivity contribution in [1.82, 2.24) is 10.2 Å². The van der Waals surface area contributed by atoms with Gasteiger partial charge in [-0.3, -0.25) is 4.90 Å². The van der Waals surface area contributed by atoms with Gasteiger partial charge in [-0.2, -0.15) is 0 Å². The Morgan fingerprint density at radius 1 is 0.867 bits per heavy atom. The molecule has 0 saturated heterocycles. The van der Waals surface area contributed by atoms with Gasteiger partial charge in [-0.1, -0.05) is 66.7 Å². The number of rotatable bonds is 9.